The van der Waals surface area contributed by atoms with Crippen LogP contribution in [0, 0.1) is 0 Å². The van der Waals surface area contributed by atoms with E-state index in [9.17, 15) is 0 Å². The number of nitrogens with one attached hydrogen (secondary N) is 1. The number of hydrogen-bond acceptors (Lipinski definition) is 3. The SMILES string of the molecule is CNCc1ccc2c(c1)CN(Cc1ccccn1)C2. The predicted molar refractivity (Wildman–Crippen MR) is 76.4 cm³/mol. The third-order valence-electron chi connectivity index (χ3n) is 3.55. The number of aromatic nitrogens is 1. The van der Waals surface area contributed by atoms with Gasteiger partial charge in [-0.25, -0.2) is 0 Å². The second-order valence-corrected chi connectivity index (χ2v) is 5.10. The summed E-state index contributed by atoms with van der Waals surface area (Å²) in [6.45, 7) is 3.93. The Hall–Kier alpha value is -1.71. The van der Waals surface area contributed by atoms with Gasteiger partial charge in [0.2, 0.25) is 0 Å². The van der Waals surface area contributed by atoms with Gasteiger partial charge in [0.1, 0.15) is 0 Å². The molecule has 0 amide bonds. The van der Waals surface area contributed by atoms with E-state index in [-0.39, 0.29) is 0 Å². The molecule has 1 N–H and O–H groups in total. The maximum Gasteiger partial charge on any atom is 0.0544 e. The van der Waals surface area contributed by atoms with E-state index in [4.69, 9.17) is 0 Å². The lowest BCUT2D eigenvalue weighted by Gasteiger charge is -2.13. The molecule has 0 fully saturated rings. The van der Waals surface area contributed by atoms with Gasteiger partial charge in [-0.2, -0.15) is 0 Å². The summed E-state index contributed by atoms with van der Waals surface area (Å²) in [5.74, 6) is 0. The van der Waals surface area contributed by atoms with Gasteiger partial charge in [0.15, 0.2) is 0 Å². The molecule has 0 atom stereocenters. The topological polar surface area (TPSA) is 28.2 Å². The molecule has 0 unspecified atom stereocenters. The molecule has 1 aromatic heterocycles. The van der Waals surface area contributed by atoms with Gasteiger partial charge in [-0.15, -0.1) is 0 Å². The Morgan fingerprint density at radius 3 is 2.84 bits per heavy atom. The molecule has 0 spiro atoms. The zero-order valence-corrected chi connectivity index (χ0v) is 11.3. The largest absolute Gasteiger partial charge is 0.316 e. The van der Waals surface area contributed by atoms with Crippen molar-refractivity contribution in [2.75, 3.05) is 7.05 Å². The van der Waals surface area contributed by atoms with Crippen molar-refractivity contribution in [1.82, 2.24) is 15.2 Å². The molecule has 0 radical (unpaired) electrons. The van der Waals surface area contributed by atoms with E-state index in [1.807, 2.05) is 19.3 Å². The summed E-state index contributed by atoms with van der Waals surface area (Å²) in [5, 5.41) is 3.20. The Balaban J connectivity index is 1.70. The molecule has 1 aliphatic heterocycles. The molecule has 1 aromatic carbocycles. The number of rotatable bonds is 4. The highest BCUT2D eigenvalue weighted by Crippen LogP contribution is 2.25. The zero-order valence-electron chi connectivity index (χ0n) is 11.3. The van der Waals surface area contributed by atoms with Crippen LogP contribution in [0.4, 0.5) is 0 Å². The van der Waals surface area contributed by atoms with Crippen molar-refractivity contribution in [1.29, 1.82) is 0 Å². The Kier molecular flexibility index (Phi) is 3.58. The minimum Gasteiger partial charge on any atom is -0.316 e. The maximum atomic E-state index is 4.40. The van der Waals surface area contributed by atoms with Gasteiger partial charge in [0, 0.05) is 32.4 Å². The molecule has 3 nitrogen and oxygen atoms in total. The molecule has 0 saturated heterocycles. The van der Waals surface area contributed by atoms with Crippen molar-refractivity contribution < 1.29 is 0 Å². The third kappa shape index (κ3) is 2.83. The molecule has 3 rings (SSSR count). The fourth-order valence-electron chi connectivity index (χ4n) is 2.67. The fraction of sp³-hybridized carbons (Fsp3) is 0.312. The molecule has 3 heteroatoms. The fourth-order valence-corrected chi connectivity index (χ4v) is 2.67. The molecule has 19 heavy (non-hydrogen) atoms. The second kappa shape index (κ2) is 5.51. The molecule has 98 valence electrons. The van der Waals surface area contributed by atoms with Gasteiger partial charge in [-0.1, -0.05) is 24.3 Å². The van der Waals surface area contributed by atoms with Gasteiger partial charge >= 0.3 is 0 Å². The summed E-state index contributed by atoms with van der Waals surface area (Å²) in [6, 6.07) is 12.9. The predicted octanol–water partition coefficient (Wildman–Crippen LogP) is 2.32. The third-order valence-corrected chi connectivity index (χ3v) is 3.55. The average Bonchev–Trinajstić information content (AvgIpc) is 2.82. The average molecular weight is 253 g/mol. The number of pyridine rings is 1. The lowest BCUT2D eigenvalue weighted by molar-refractivity contribution is 0.272. The number of benzene rings is 1. The van der Waals surface area contributed by atoms with E-state index in [1.54, 1.807) is 0 Å². The summed E-state index contributed by atoms with van der Waals surface area (Å²) < 4.78 is 0. The second-order valence-electron chi connectivity index (χ2n) is 5.10. The summed E-state index contributed by atoms with van der Waals surface area (Å²) in [7, 11) is 1.99. The number of nitrogens with zero attached hydrogens (tertiary/aromatic N) is 2. The van der Waals surface area contributed by atoms with Crippen LogP contribution >= 0.6 is 0 Å². The summed E-state index contributed by atoms with van der Waals surface area (Å²) in [5.41, 5.74) is 5.42. The van der Waals surface area contributed by atoms with Crippen LogP contribution in [0.25, 0.3) is 0 Å². The molecule has 2 heterocycles. The Morgan fingerprint density at radius 1 is 1.16 bits per heavy atom. The molecule has 0 aliphatic carbocycles. The summed E-state index contributed by atoms with van der Waals surface area (Å²) in [6.07, 6.45) is 1.86. The minimum atomic E-state index is 0.927. The van der Waals surface area contributed by atoms with Gasteiger partial charge < -0.3 is 5.32 Å². The van der Waals surface area contributed by atoms with Crippen molar-refractivity contribution >= 4 is 0 Å². The molecule has 0 bridgehead atoms. The highest BCUT2D eigenvalue weighted by atomic mass is 15.1. The highest BCUT2D eigenvalue weighted by molar-refractivity contribution is 5.34. The van der Waals surface area contributed by atoms with Crippen molar-refractivity contribution in [3.8, 4) is 0 Å². The van der Waals surface area contributed by atoms with Crippen LogP contribution in [-0.4, -0.2) is 16.9 Å². The van der Waals surface area contributed by atoms with Crippen molar-refractivity contribution in [2.45, 2.75) is 26.2 Å². The number of fused-ring (bicyclic) bond motifs is 1. The Morgan fingerprint density at radius 2 is 2.05 bits per heavy atom. The minimum absolute atomic E-state index is 0.927. The molecule has 0 saturated carbocycles. The summed E-state index contributed by atoms with van der Waals surface area (Å²) >= 11 is 0. The van der Waals surface area contributed by atoms with Crippen LogP contribution < -0.4 is 5.32 Å². The monoisotopic (exact) mass is 253 g/mol. The first kappa shape index (κ1) is 12.3. The maximum absolute atomic E-state index is 4.40. The standard InChI is InChI=1S/C16H19N3/c1-17-9-13-5-6-14-10-19(11-15(14)8-13)12-16-4-2-3-7-18-16/h2-8,17H,9-12H2,1H3. The first-order chi connectivity index (χ1) is 9.35. The first-order valence-electron chi connectivity index (χ1n) is 6.72. The van der Waals surface area contributed by atoms with Crippen LogP contribution in [0.15, 0.2) is 42.6 Å². The van der Waals surface area contributed by atoms with E-state index in [1.165, 1.54) is 16.7 Å². The van der Waals surface area contributed by atoms with E-state index in [0.29, 0.717) is 0 Å². The van der Waals surface area contributed by atoms with E-state index in [2.05, 4.69) is 45.5 Å². The van der Waals surface area contributed by atoms with Crippen molar-refractivity contribution in [3.63, 3.8) is 0 Å². The molecule has 2 aromatic rings. The lowest BCUT2D eigenvalue weighted by atomic mass is 10.1. The highest BCUT2D eigenvalue weighted by Gasteiger charge is 2.19. The van der Waals surface area contributed by atoms with Gasteiger partial charge in [0.05, 0.1) is 5.69 Å². The van der Waals surface area contributed by atoms with Crippen LogP contribution in [0.5, 0.6) is 0 Å². The van der Waals surface area contributed by atoms with Gasteiger partial charge in [0.25, 0.3) is 0 Å². The van der Waals surface area contributed by atoms with E-state index in [0.717, 1.165) is 31.9 Å². The normalized spacial score (nSPS) is 14.6. The quantitative estimate of drug-likeness (QED) is 0.906. The van der Waals surface area contributed by atoms with Crippen LogP contribution in [0.1, 0.15) is 22.4 Å². The van der Waals surface area contributed by atoms with Gasteiger partial charge in [-0.05, 0) is 35.9 Å². The molecule has 1 aliphatic rings. The van der Waals surface area contributed by atoms with Gasteiger partial charge in [-0.3, -0.25) is 9.88 Å². The first-order valence-corrected chi connectivity index (χ1v) is 6.72. The molecular weight excluding hydrogens is 234 g/mol. The Labute approximate surface area is 114 Å². The van der Waals surface area contributed by atoms with E-state index < -0.39 is 0 Å². The van der Waals surface area contributed by atoms with Crippen molar-refractivity contribution in [3.05, 3.63) is 65.0 Å². The Bertz CT molecular complexity index is 551. The lowest BCUT2D eigenvalue weighted by Crippen LogP contribution is -2.16. The number of hydrogen-bond donors (Lipinski definition) is 1. The van der Waals surface area contributed by atoms with E-state index >= 15 is 0 Å². The zero-order chi connectivity index (χ0) is 13.1. The van der Waals surface area contributed by atoms with Crippen LogP contribution in [-0.2, 0) is 26.2 Å². The van der Waals surface area contributed by atoms with Crippen molar-refractivity contribution in [2.24, 2.45) is 0 Å². The summed E-state index contributed by atoms with van der Waals surface area (Å²) in [4.78, 5) is 6.84. The van der Waals surface area contributed by atoms with Crippen LogP contribution in [0.2, 0.25) is 0 Å². The smallest absolute Gasteiger partial charge is 0.0544 e. The van der Waals surface area contributed by atoms with Crippen LogP contribution in [0.3, 0.4) is 0 Å². The molecular formula is C16H19N3.